The molecule has 0 saturated carbocycles. The van der Waals surface area contributed by atoms with E-state index in [0.29, 0.717) is 11.1 Å². The van der Waals surface area contributed by atoms with Crippen molar-refractivity contribution in [2.75, 3.05) is 14.2 Å². The molecular weight excluding hydrogens is 352 g/mol. The zero-order valence-electron chi connectivity index (χ0n) is 17.8. The third-order valence-electron chi connectivity index (χ3n) is 5.46. The Labute approximate surface area is 167 Å². The normalized spacial score (nSPS) is 12.3. The Bertz CT molecular complexity index is 758. The molecule has 0 aliphatic heterocycles. The Balaban J connectivity index is 2.19. The number of methoxy groups -OCH3 is 2. The lowest BCUT2D eigenvalue weighted by molar-refractivity contribution is 0.0228. The molecule has 2 aromatic rings. The number of hydrogen-bond donors (Lipinski definition) is 0. The van der Waals surface area contributed by atoms with E-state index in [9.17, 15) is 9.59 Å². The fourth-order valence-electron chi connectivity index (χ4n) is 2.92. The van der Waals surface area contributed by atoms with Gasteiger partial charge in [-0.15, -0.1) is 0 Å². The zero-order chi connectivity index (χ0) is 21.1. The number of carbonyl (C=O) groups is 2. The standard InChI is InChI=1S/C24H30O4/c1-16(17-8-12-19(13-9-17)21(25)23(2,3)27-6)18-10-14-20(15-11-18)22(26)24(4,5)28-7/h8-16H,1-7H3. The van der Waals surface area contributed by atoms with Gasteiger partial charge in [0, 0.05) is 31.3 Å². The number of hydrogen-bond acceptors (Lipinski definition) is 4. The monoisotopic (exact) mass is 382 g/mol. The van der Waals surface area contributed by atoms with E-state index in [2.05, 4.69) is 6.92 Å². The largest absolute Gasteiger partial charge is 0.371 e. The highest BCUT2D eigenvalue weighted by molar-refractivity contribution is 6.02. The second-order valence-electron chi connectivity index (χ2n) is 8.05. The molecule has 0 heterocycles. The Morgan fingerprint density at radius 1 is 0.679 bits per heavy atom. The maximum Gasteiger partial charge on any atom is 0.194 e. The van der Waals surface area contributed by atoms with Gasteiger partial charge in [0.25, 0.3) is 0 Å². The van der Waals surface area contributed by atoms with E-state index >= 15 is 0 Å². The molecule has 0 spiro atoms. The van der Waals surface area contributed by atoms with Crippen molar-refractivity contribution in [1.29, 1.82) is 0 Å². The van der Waals surface area contributed by atoms with Crippen LogP contribution in [0.1, 0.15) is 72.4 Å². The van der Waals surface area contributed by atoms with Gasteiger partial charge in [-0.1, -0.05) is 55.5 Å². The lowest BCUT2D eigenvalue weighted by atomic mass is 9.89. The molecule has 28 heavy (non-hydrogen) atoms. The molecule has 0 fully saturated rings. The molecule has 2 aromatic carbocycles. The van der Waals surface area contributed by atoms with Crippen LogP contribution >= 0.6 is 0 Å². The second-order valence-corrected chi connectivity index (χ2v) is 8.05. The molecular formula is C24H30O4. The van der Waals surface area contributed by atoms with Gasteiger partial charge in [0.15, 0.2) is 11.6 Å². The minimum absolute atomic E-state index is 0.0437. The Morgan fingerprint density at radius 2 is 0.964 bits per heavy atom. The molecule has 0 bridgehead atoms. The van der Waals surface area contributed by atoms with Crippen molar-refractivity contribution >= 4 is 11.6 Å². The minimum Gasteiger partial charge on any atom is -0.371 e. The van der Waals surface area contributed by atoms with Crippen LogP contribution < -0.4 is 0 Å². The van der Waals surface area contributed by atoms with E-state index < -0.39 is 11.2 Å². The molecule has 0 N–H and O–H groups in total. The smallest absolute Gasteiger partial charge is 0.194 e. The highest BCUT2D eigenvalue weighted by Crippen LogP contribution is 2.27. The number of benzene rings is 2. The number of ketones is 2. The molecule has 0 amide bonds. The van der Waals surface area contributed by atoms with Crippen molar-refractivity contribution in [3.05, 3.63) is 70.8 Å². The summed E-state index contributed by atoms with van der Waals surface area (Å²) < 4.78 is 10.6. The first-order valence-corrected chi connectivity index (χ1v) is 9.43. The van der Waals surface area contributed by atoms with E-state index in [1.54, 1.807) is 27.7 Å². The Hall–Kier alpha value is -2.30. The molecule has 4 heteroatoms. The van der Waals surface area contributed by atoms with Crippen molar-refractivity contribution in [1.82, 2.24) is 0 Å². The average Bonchev–Trinajstić information content (AvgIpc) is 2.72. The summed E-state index contributed by atoms with van der Waals surface area (Å²) in [5.41, 5.74) is 1.78. The van der Waals surface area contributed by atoms with Crippen molar-refractivity contribution in [2.45, 2.75) is 51.7 Å². The van der Waals surface area contributed by atoms with E-state index in [0.717, 1.165) is 11.1 Å². The summed E-state index contributed by atoms with van der Waals surface area (Å²) in [6.07, 6.45) is 0. The van der Waals surface area contributed by atoms with Crippen LogP contribution in [0.5, 0.6) is 0 Å². The number of ether oxygens (including phenoxy) is 2. The van der Waals surface area contributed by atoms with Gasteiger partial charge in [0.05, 0.1) is 0 Å². The van der Waals surface area contributed by atoms with E-state index in [1.807, 2.05) is 48.5 Å². The number of rotatable bonds is 8. The molecule has 150 valence electrons. The summed E-state index contributed by atoms with van der Waals surface area (Å²) in [4.78, 5) is 25.0. The van der Waals surface area contributed by atoms with Crippen LogP contribution in [0, 0.1) is 0 Å². The predicted molar refractivity (Wildman–Crippen MR) is 111 cm³/mol. The molecule has 4 nitrogen and oxygen atoms in total. The van der Waals surface area contributed by atoms with Gasteiger partial charge in [-0.05, 0) is 38.8 Å². The molecule has 0 aliphatic carbocycles. The molecule has 0 saturated heterocycles. The Morgan fingerprint density at radius 3 is 1.21 bits per heavy atom. The molecule has 2 rings (SSSR count). The number of carbonyl (C=O) groups excluding carboxylic acids is 2. The SMILES string of the molecule is COC(C)(C)C(=O)c1ccc(C(C)c2ccc(C(=O)C(C)(C)OC)cc2)cc1. The van der Waals surface area contributed by atoms with Crippen LogP contribution in [-0.2, 0) is 9.47 Å². The Kier molecular flexibility index (Phi) is 6.58. The minimum atomic E-state index is -0.842. The summed E-state index contributed by atoms with van der Waals surface area (Å²) in [6, 6.07) is 15.2. The third kappa shape index (κ3) is 4.57. The summed E-state index contributed by atoms with van der Waals surface area (Å²) in [5, 5.41) is 0. The molecule has 0 aliphatic rings. The second kappa shape index (κ2) is 8.38. The fraction of sp³-hybridized carbons (Fsp3) is 0.417. The van der Waals surface area contributed by atoms with Gasteiger partial charge < -0.3 is 9.47 Å². The zero-order valence-corrected chi connectivity index (χ0v) is 17.8. The van der Waals surface area contributed by atoms with Gasteiger partial charge in [0.1, 0.15) is 11.2 Å². The van der Waals surface area contributed by atoms with E-state index in [-0.39, 0.29) is 17.5 Å². The van der Waals surface area contributed by atoms with Gasteiger partial charge in [0.2, 0.25) is 0 Å². The van der Waals surface area contributed by atoms with Crippen LogP contribution in [0.25, 0.3) is 0 Å². The summed E-state index contributed by atoms with van der Waals surface area (Å²) in [7, 11) is 3.08. The van der Waals surface area contributed by atoms with Crippen LogP contribution in [0.2, 0.25) is 0 Å². The number of Topliss-reactive ketones (excluding diaryl/α,β-unsaturated/α-hetero) is 2. The highest BCUT2D eigenvalue weighted by atomic mass is 16.5. The fourth-order valence-corrected chi connectivity index (χ4v) is 2.92. The third-order valence-corrected chi connectivity index (χ3v) is 5.46. The van der Waals surface area contributed by atoms with Crippen molar-refractivity contribution in [3.8, 4) is 0 Å². The van der Waals surface area contributed by atoms with E-state index in [4.69, 9.17) is 9.47 Å². The lowest BCUT2D eigenvalue weighted by Gasteiger charge is -2.22. The molecule has 0 aromatic heterocycles. The quantitative estimate of drug-likeness (QED) is 0.599. The lowest BCUT2D eigenvalue weighted by Crippen LogP contribution is -2.33. The summed E-state index contributed by atoms with van der Waals surface area (Å²) in [6.45, 7) is 9.16. The predicted octanol–water partition coefficient (Wildman–Crippen LogP) is 5.05. The van der Waals surface area contributed by atoms with Crippen LogP contribution in [0.3, 0.4) is 0 Å². The van der Waals surface area contributed by atoms with E-state index in [1.165, 1.54) is 14.2 Å². The maximum absolute atomic E-state index is 12.5. The average molecular weight is 383 g/mol. The summed E-state index contributed by atoms with van der Waals surface area (Å²) >= 11 is 0. The first-order chi connectivity index (χ1) is 13.0. The first kappa shape index (κ1) is 22.0. The molecule has 0 atom stereocenters. The van der Waals surface area contributed by atoms with Crippen LogP contribution in [0.15, 0.2) is 48.5 Å². The highest BCUT2D eigenvalue weighted by Gasteiger charge is 2.29. The van der Waals surface area contributed by atoms with Crippen LogP contribution in [0.4, 0.5) is 0 Å². The topological polar surface area (TPSA) is 52.6 Å². The maximum atomic E-state index is 12.5. The van der Waals surface area contributed by atoms with Crippen molar-refractivity contribution in [3.63, 3.8) is 0 Å². The van der Waals surface area contributed by atoms with Gasteiger partial charge in [-0.3, -0.25) is 9.59 Å². The van der Waals surface area contributed by atoms with Gasteiger partial charge in [-0.2, -0.15) is 0 Å². The van der Waals surface area contributed by atoms with Crippen molar-refractivity contribution < 1.29 is 19.1 Å². The first-order valence-electron chi connectivity index (χ1n) is 9.43. The molecule has 0 radical (unpaired) electrons. The van der Waals surface area contributed by atoms with Gasteiger partial charge >= 0.3 is 0 Å². The van der Waals surface area contributed by atoms with Crippen molar-refractivity contribution in [2.24, 2.45) is 0 Å². The van der Waals surface area contributed by atoms with Gasteiger partial charge in [-0.25, -0.2) is 0 Å². The van der Waals surface area contributed by atoms with Crippen LogP contribution in [-0.4, -0.2) is 37.0 Å². The summed E-state index contributed by atoms with van der Waals surface area (Å²) in [5.74, 6) is 0.0508. The molecule has 0 unspecified atom stereocenters.